The van der Waals surface area contributed by atoms with Crippen molar-refractivity contribution in [3.8, 4) is 0 Å². The largest absolute Gasteiger partial charge is 0.481 e. The Hall–Kier alpha value is -3.16. The summed E-state index contributed by atoms with van der Waals surface area (Å²) in [4.78, 5) is 60.0. The van der Waals surface area contributed by atoms with Crippen molar-refractivity contribution < 1.29 is 39.3 Å². The first-order valence-electron chi connectivity index (χ1n) is 10.3. The molecule has 0 saturated carbocycles. The lowest BCUT2D eigenvalue weighted by atomic mass is 10.1. The van der Waals surface area contributed by atoms with Gasteiger partial charge in [0.1, 0.15) is 18.1 Å². The molecular weight excluding hydrogens is 468 g/mol. The molecule has 4 unspecified atom stereocenters. The molecule has 0 aromatic heterocycles. The van der Waals surface area contributed by atoms with Gasteiger partial charge in [-0.15, -0.1) is 0 Å². The molecule has 1 rings (SSSR count). The van der Waals surface area contributed by atoms with Gasteiger partial charge in [-0.1, -0.05) is 30.3 Å². The first-order valence-corrected chi connectivity index (χ1v) is 11.7. The lowest BCUT2D eigenvalue weighted by Gasteiger charge is -2.23. The van der Waals surface area contributed by atoms with Crippen LogP contribution in [0.15, 0.2) is 30.3 Å². The molecule has 0 saturated heterocycles. The van der Waals surface area contributed by atoms with Crippen LogP contribution in [0.1, 0.15) is 18.4 Å². The predicted octanol–water partition coefficient (Wildman–Crippen LogP) is -1.68. The third kappa shape index (κ3) is 10.2. The fourth-order valence-corrected chi connectivity index (χ4v) is 3.33. The zero-order valence-corrected chi connectivity index (χ0v) is 19.4. The lowest BCUT2D eigenvalue weighted by Crippen LogP contribution is -2.58. The number of hydrogen-bond acceptors (Lipinski definition) is 8. The van der Waals surface area contributed by atoms with Gasteiger partial charge < -0.3 is 37.0 Å². The maximum Gasteiger partial charge on any atom is 0.326 e. The minimum absolute atomic E-state index is 0.0879. The maximum absolute atomic E-state index is 12.6. The minimum Gasteiger partial charge on any atom is -0.481 e. The van der Waals surface area contributed by atoms with Gasteiger partial charge in [0, 0.05) is 0 Å². The van der Waals surface area contributed by atoms with Crippen LogP contribution in [0.5, 0.6) is 0 Å². The summed E-state index contributed by atoms with van der Waals surface area (Å²) in [6.07, 6.45) is 1.17. The van der Waals surface area contributed by atoms with Crippen LogP contribution in [0, 0.1) is 0 Å². The van der Waals surface area contributed by atoms with Crippen LogP contribution in [0.3, 0.4) is 0 Å². The zero-order valence-electron chi connectivity index (χ0n) is 18.6. The monoisotopic (exact) mass is 498 g/mol. The van der Waals surface area contributed by atoms with Gasteiger partial charge in [-0.05, 0) is 30.4 Å². The number of carbonyl (C=O) groups excluding carboxylic acids is 3. The van der Waals surface area contributed by atoms with Gasteiger partial charge in [-0.3, -0.25) is 19.2 Å². The molecule has 1 aromatic carbocycles. The lowest BCUT2D eigenvalue weighted by molar-refractivity contribution is -0.143. The second kappa shape index (κ2) is 14.9. The average molecular weight is 499 g/mol. The van der Waals surface area contributed by atoms with E-state index in [4.69, 9.17) is 10.8 Å². The molecular formula is C21H30N4O8S. The van der Waals surface area contributed by atoms with Crippen molar-refractivity contribution >= 4 is 41.4 Å². The number of carboxylic acid groups (broad SMARTS) is 2. The van der Waals surface area contributed by atoms with E-state index in [2.05, 4.69) is 16.0 Å². The van der Waals surface area contributed by atoms with Crippen LogP contribution >= 0.6 is 11.8 Å². The van der Waals surface area contributed by atoms with Crippen molar-refractivity contribution in [3.63, 3.8) is 0 Å². The molecule has 0 fully saturated rings. The highest BCUT2D eigenvalue weighted by Crippen LogP contribution is 2.04. The Morgan fingerprint density at radius 3 is 2.00 bits per heavy atom. The van der Waals surface area contributed by atoms with Gasteiger partial charge in [-0.25, -0.2) is 4.79 Å². The molecule has 0 spiro atoms. The standard InChI is InChI=1S/C21H30N4O8S/c1-34-8-7-14(21(32)33)23-19(30)15(10-17(27)28)24-20(31)16(11-26)25-18(29)13(22)9-12-5-3-2-4-6-12/h2-6,13-16,26H,7-11,22H2,1H3,(H,23,30)(H,24,31)(H,25,29)(H,27,28)(H,32,33). The van der Waals surface area contributed by atoms with Crippen LogP contribution < -0.4 is 21.7 Å². The number of nitrogens with one attached hydrogen (secondary N) is 3. The number of carboxylic acids is 2. The molecule has 1 aromatic rings. The third-order valence-corrected chi connectivity index (χ3v) is 5.33. The molecule has 0 aliphatic carbocycles. The van der Waals surface area contributed by atoms with E-state index in [0.29, 0.717) is 5.75 Å². The zero-order chi connectivity index (χ0) is 25.7. The second-order valence-electron chi connectivity index (χ2n) is 7.38. The fraction of sp³-hybridized carbons (Fsp3) is 0.476. The number of aliphatic hydroxyl groups excluding tert-OH is 1. The normalized spacial score (nSPS) is 14.2. The molecule has 34 heavy (non-hydrogen) atoms. The molecule has 12 nitrogen and oxygen atoms in total. The van der Waals surface area contributed by atoms with E-state index in [9.17, 15) is 34.2 Å². The Kier molecular flexibility index (Phi) is 12.6. The summed E-state index contributed by atoms with van der Waals surface area (Å²) in [7, 11) is 0. The smallest absolute Gasteiger partial charge is 0.326 e. The van der Waals surface area contributed by atoms with Crippen LogP contribution in [0.4, 0.5) is 0 Å². The second-order valence-corrected chi connectivity index (χ2v) is 8.37. The van der Waals surface area contributed by atoms with Gasteiger partial charge >= 0.3 is 11.9 Å². The number of aliphatic hydroxyl groups is 1. The minimum atomic E-state index is -1.63. The first kappa shape index (κ1) is 28.9. The molecule has 0 aliphatic rings. The summed E-state index contributed by atoms with van der Waals surface area (Å²) in [5.74, 6) is -5.09. The van der Waals surface area contributed by atoms with E-state index in [1.165, 1.54) is 11.8 Å². The fourth-order valence-electron chi connectivity index (χ4n) is 2.86. The van der Waals surface area contributed by atoms with Crippen molar-refractivity contribution in [2.75, 3.05) is 18.6 Å². The first-order chi connectivity index (χ1) is 16.1. The third-order valence-electron chi connectivity index (χ3n) is 4.69. The van der Waals surface area contributed by atoms with Crippen LogP contribution in [-0.4, -0.2) is 87.8 Å². The summed E-state index contributed by atoms with van der Waals surface area (Å²) < 4.78 is 0. The topological polar surface area (TPSA) is 208 Å². The van der Waals surface area contributed by atoms with Gasteiger partial charge in [0.15, 0.2) is 0 Å². The van der Waals surface area contributed by atoms with Crippen molar-refractivity contribution in [1.82, 2.24) is 16.0 Å². The number of nitrogens with two attached hydrogens (primary N) is 1. The van der Waals surface area contributed by atoms with Gasteiger partial charge in [0.25, 0.3) is 0 Å². The number of amides is 3. The molecule has 188 valence electrons. The van der Waals surface area contributed by atoms with Crippen LogP contribution in [0.2, 0.25) is 0 Å². The van der Waals surface area contributed by atoms with E-state index in [-0.39, 0.29) is 12.8 Å². The highest BCUT2D eigenvalue weighted by atomic mass is 32.2. The summed E-state index contributed by atoms with van der Waals surface area (Å²) in [6.45, 7) is -0.845. The summed E-state index contributed by atoms with van der Waals surface area (Å²) >= 11 is 1.36. The summed E-state index contributed by atoms with van der Waals surface area (Å²) in [5, 5.41) is 34.5. The summed E-state index contributed by atoms with van der Waals surface area (Å²) in [6, 6.07) is 3.42. The quantitative estimate of drug-likeness (QED) is 0.146. The SMILES string of the molecule is CSCCC(NC(=O)C(CC(=O)O)NC(=O)C(CO)NC(=O)C(N)Cc1ccccc1)C(=O)O. The van der Waals surface area contributed by atoms with E-state index < -0.39 is 66.9 Å². The number of rotatable bonds is 15. The molecule has 13 heteroatoms. The predicted molar refractivity (Wildman–Crippen MR) is 124 cm³/mol. The molecule has 0 radical (unpaired) electrons. The van der Waals surface area contributed by atoms with E-state index in [0.717, 1.165) is 5.56 Å². The molecule has 8 N–H and O–H groups in total. The van der Waals surface area contributed by atoms with Crippen molar-refractivity contribution in [1.29, 1.82) is 0 Å². The van der Waals surface area contributed by atoms with Crippen molar-refractivity contribution in [2.45, 2.75) is 43.4 Å². The van der Waals surface area contributed by atoms with Crippen LogP contribution in [0.25, 0.3) is 0 Å². The van der Waals surface area contributed by atoms with Gasteiger partial charge in [0.2, 0.25) is 17.7 Å². The molecule has 3 amide bonds. The Bertz CT molecular complexity index is 854. The Morgan fingerprint density at radius 2 is 1.47 bits per heavy atom. The highest BCUT2D eigenvalue weighted by Gasteiger charge is 2.31. The van der Waals surface area contributed by atoms with E-state index >= 15 is 0 Å². The highest BCUT2D eigenvalue weighted by molar-refractivity contribution is 7.98. The average Bonchev–Trinajstić information content (AvgIpc) is 2.79. The van der Waals surface area contributed by atoms with Crippen molar-refractivity contribution in [2.24, 2.45) is 5.73 Å². The number of thioether (sulfide) groups is 1. The van der Waals surface area contributed by atoms with Gasteiger partial charge in [-0.2, -0.15) is 11.8 Å². The maximum atomic E-state index is 12.6. The number of aliphatic carboxylic acids is 2. The van der Waals surface area contributed by atoms with Crippen LogP contribution in [-0.2, 0) is 30.4 Å². The Balaban J connectivity index is 2.82. The molecule has 0 aliphatic heterocycles. The van der Waals surface area contributed by atoms with Gasteiger partial charge in [0.05, 0.1) is 19.1 Å². The Morgan fingerprint density at radius 1 is 0.912 bits per heavy atom. The number of benzene rings is 1. The molecule has 4 atom stereocenters. The van der Waals surface area contributed by atoms with E-state index in [1.54, 1.807) is 36.6 Å². The van der Waals surface area contributed by atoms with E-state index in [1.807, 2.05) is 0 Å². The Labute approximate surface area is 200 Å². The molecule has 0 bridgehead atoms. The molecule has 0 heterocycles. The number of carbonyl (C=O) groups is 5. The summed E-state index contributed by atoms with van der Waals surface area (Å²) in [5.41, 5.74) is 6.65. The number of hydrogen-bond donors (Lipinski definition) is 7. The van der Waals surface area contributed by atoms with Crippen molar-refractivity contribution in [3.05, 3.63) is 35.9 Å².